The van der Waals surface area contributed by atoms with E-state index in [1.165, 1.54) is 11.1 Å². The van der Waals surface area contributed by atoms with Gasteiger partial charge in [0, 0.05) is 11.3 Å². The van der Waals surface area contributed by atoms with Crippen LogP contribution in [0.3, 0.4) is 0 Å². The summed E-state index contributed by atoms with van der Waals surface area (Å²) >= 11 is 1.60. The number of nitrogens with zero attached hydrogens (tertiary/aromatic N) is 1. The molecular formula is C21H17NO2S. The third-order valence-corrected chi connectivity index (χ3v) is 4.82. The summed E-state index contributed by atoms with van der Waals surface area (Å²) in [6, 6.07) is 22.6. The zero-order valence-electron chi connectivity index (χ0n) is 13.5. The second kappa shape index (κ2) is 7.05. The zero-order chi connectivity index (χ0) is 17.1. The third-order valence-electron chi connectivity index (χ3n) is 4.00. The van der Waals surface area contributed by atoms with Crippen molar-refractivity contribution in [2.75, 3.05) is 0 Å². The molecule has 0 saturated heterocycles. The summed E-state index contributed by atoms with van der Waals surface area (Å²) < 4.78 is 5.48. The van der Waals surface area contributed by atoms with Crippen LogP contribution in [0.4, 0.5) is 0 Å². The van der Waals surface area contributed by atoms with E-state index in [1.807, 2.05) is 41.8 Å². The van der Waals surface area contributed by atoms with Crippen LogP contribution >= 0.6 is 11.3 Å². The number of aliphatic hydroxyl groups excluding tert-OH is 1. The van der Waals surface area contributed by atoms with E-state index in [0.29, 0.717) is 18.0 Å². The maximum atomic E-state index is 10.0. The fourth-order valence-corrected chi connectivity index (χ4v) is 3.40. The summed E-state index contributed by atoms with van der Waals surface area (Å²) in [5.41, 5.74) is 4.03. The number of rotatable bonds is 4. The predicted octanol–water partition coefficient (Wildman–Crippen LogP) is 4.75. The van der Waals surface area contributed by atoms with E-state index >= 15 is 0 Å². The Morgan fingerprint density at radius 3 is 2.44 bits per heavy atom. The highest BCUT2D eigenvalue weighted by molar-refractivity contribution is 7.10. The number of benzene rings is 2. The molecule has 0 saturated carbocycles. The Balaban J connectivity index is 1.49. The van der Waals surface area contributed by atoms with Crippen molar-refractivity contribution in [1.29, 1.82) is 0 Å². The Kier molecular flexibility index (Phi) is 4.46. The van der Waals surface area contributed by atoms with Crippen molar-refractivity contribution in [3.63, 3.8) is 0 Å². The van der Waals surface area contributed by atoms with Crippen LogP contribution in [0, 0.1) is 0 Å². The van der Waals surface area contributed by atoms with Gasteiger partial charge in [0.05, 0.1) is 0 Å². The maximum absolute atomic E-state index is 10.0. The van der Waals surface area contributed by atoms with Gasteiger partial charge >= 0.3 is 0 Å². The summed E-state index contributed by atoms with van der Waals surface area (Å²) in [6.45, 7) is 0. The highest BCUT2D eigenvalue weighted by Gasteiger charge is 2.23. The number of thiophene rings is 1. The smallest absolute Gasteiger partial charge is 0.242 e. The number of aliphatic imine (C=N–C) groups is 1. The molecule has 0 spiro atoms. The SMILES string of the molecule is OC1OC(Cc2ccc(-c3ccccc3)cc2)=N/C1=C/c1cccs1. The Morgan fingerprint density at radius 2 is 1.72 bits per heavy atom. The predicted molar refractivity (Wildman–Crippen MR) is 102 cm³/mol. The Labute approximate surface area is 150 Å². The van der Waals surface area contributed by atoms with E-state index in [2.05, 4.69) is 41.4 Å². The second-order valence-electron chi connectivity index (χ2n) is 5.80. The van der Waals surface area contributed by atoms with Crippen LogP contribution < -0.4 is 0 Å². The van der Waals surface area contributed by atoms with E-state index in [4.69, 9.17) is 4.74 Å². The van der Waals surface area contributed by atoms with Crippen molar-refractivity contribution >= 4 is 23.3 Å². The third kappa shape index (κ3) is 3.71. The van der Waals surface area contributed by atoms with Crippen molar-refractivity contribution in [3.8, 4) is 11.1 Å². The van der Waals surface area contributed by atoms with E-state index < -0.39 is 6.29 Å². The van der Waals surface area contributed by atoms with Gasteiger partial charge in [-0.15, -0.1) is 11.3 Å². The Hall–Kier alpha value is -2.69. The molecule has 25 heavy (non-hydrogen) atoms. The highest BCUT2D eigenvalue weighted by atomic mass is 32.1. The average Bonchev–Trinajstić information content (AvgIpc) is 3.27. The first-order chi connectivity index (χ1) is 12.3. The van der Waals surface area contributed by atoms with E-state index in [1.54, 1.807) is 11.3 Å². The van der Waals surface area contributed by atoms with Crippen molar-refractivity contribution in [2.24, 2.45) is 4.99 Å². The van der Waals surface area contributed by atoms with Crippen LogP contribution in [-0.4, -0.2) is 17.3 Å². The van der Waals surface area contributed by atoms with Gasteiger partial charge in [0.1, 0.15) is 5.70 Å². The van der Waals surface area contributed by atoms with Gasteiger partial charge in [-0.25, -0.2) is 4.99 Å². The van der Waals surface area contributed by atoms with Crippen LogP contribution in [-0.2, 0) is 11.2 Å². The molecule has 1 unspecified atom stereocenters. The van der Waals surface area contributed by atoms with Gasteiger partial charge in [0.15, 0.2) is 5.90 Å². The van der Waals surface area contributed by atoms with Crippen molar-refractivity contribution in [3.05, 3.63) is 88.2 Å². The van der Waals surface area contributed by atoms with Crippen molar-refractivity contribution < 1.29 is 9.84 Å². The molecule has 4 rings (SSSR count). The van der Waals surface area contributed by atoms with Crippen molar-refractivity contribution in [1.82, 2.24) is 0 Å². The fourth-order valence-electron chi connectivity index (χ4n) is 2.74. The normalized spacial score (nSPS) is 18.2. The quantitative estimate of drug-likeness (QED) is 0.740. The van der Waals surface area contributed by atoms with Gasteiger partial charge < -0.3 is 9.84 Å². The molecule has 3 nitrogen and oxygen atoms in total. The summed E-state index contributed by atoms with van der Waals surface area (Å²) in [6.07, 6.45) is 1.44. The molecule has 2 heterocycles. The van der Waals surface area contributed by atoms with Gasteiger partial charge in [-0.2, -0.15) is 0 Å². The molecule has 0 bridgehead atoms. The summed E-state index contributed by atoms with van der Waals surface area (Å²) in [4.78, 5) is 5.48. The molecule has 0 fully saturated rings. The van der Waals surface area contributed by atoms with Crippen LogP contribution in [0.5, 0.6) is 0 Å². The fraction of sp³-hybridized carbons (Fsp3) is 0.0952. The maximum Gasteiger partial charge on any atom is 0.242 e. The molecule has 0 amide bonds. The van der Waals surface area contributed by atoms with Gasteiger partial charge in [0.25, 0.3) is 0 Å². The first-order valence-corrected chi connectivity index (χ1v) is 8.98. The number of hydrogen-bond acceptors (Lipinski definition) is 4. The summed E-state index contributed by atoms with van der Waals surface area (Å²) in [5.74, 6) is 0.544. The molecule has 0 aliphatic carbocycles. The number of aliphatic hydroxyl groups is 1. The Morgan fingerprint density at radius 1 is 0.960 bits per heavy atom. The summed E-state index contributed by atoms with van der Waals surface area (Å²) in [5, 5.41) is 12.0. The van der Waals surface area contributed by atoms with Crippen LogP contribution in [0.15, 0.2) is 82.8 Å². The minimum Gasteiger partial charge on any atom is -0.445 e. The monoisotopic (exact) mass is 347 g/mol. The first-order valence-electron chi connectivity index (χ1n) is 8.10. The Bertz CT molecular complexity index is 897. The molecule has 2 aromatic carbocycles. The van der Waals surface area contributed by atoms with Gasteiger partial charge in [-0.3, -0.25) is 0 Å². The number of ether oxygens (including phenoxy) is 1. The molecule has 1 aliphatic heterocycles. The topological polar surface area (TPSA) is 41.8 Å². The molecule has 4 heteroatoms. The standard InChI is InChI=1S/C21H17NO2S/c23-21-19(14-18-7-4-12-25-18)22-20(24-21)13-15-8-10-17(11-9-15)16-5-2-1-3-6-16/h1-12,14,21,23H,13H2/b19-14+. The summed E-state index contributed by atoms with van der Waals surface area (Å²) in [7, 11) is 0. The molecular weight excluding hydrogens is 330 g/mol. The molecule has 1 aromatic heterocycles. The molecule has 124 valence electrons. The molecule has 0 radical (unpaired) electrons. The lowest BCUT2D eigenvalue weighted by molar-refractivity contribution is 0.0158. The van der Waals surface area contributed by atoms with Crippen LogP contribution in [0.2, 0.25) is 0 Å². The van der Waals surface area contributed by atoms with E-state index in [0.717, 1.165) is 10.4 Å². The minimum absolute atomic E-state index is 0.544. The molecule has 1 atom stereocenters. The molecule has 1 aliphatic rings. The van der Waals surface area contributed by atoms with Crippen LogP contribution in [0.1, 0.15) is 10.4 Å². The number of hydrogen-bond donors (Lipinski definition) is 1. The lowest BCUT2D eigenvalue weighted by Crippen LogP contribution is -2.12. The van der Waals surface area contributed by atoms with E-state index in [-0.39, 0.29) is 0 Å². The largest absolute Gasteiger partial charge is 0.445 e. The average molecular weight is 347 g/mol. The van der Waals surface area contributed by atoms with Gasteiger partial charge in [0.2, 0.25) is 6.29 Å². The van der Waals surface area contributed by atoms with E-state index in [9.17, 15) is 5.11 Å². The highest BCUT2D eigenvalue weighted by Crippen LogP contribution is 2.24. The lowest BCUT2D eigenvalue weighted by Gasteiger charge is -2.06. The van der Waals surface area contributed by atoms with Gasteiger partial charge in [-0.1, -0.05) is 60.7 Å². The van der Waals surface area contributed by atoms with Crippen molar-refractivity contribution in [2.45, 2.75) is 12.7 Å². The first kappa shape index (κ1) is 15.8. The lowest BCUT2D eigenvalue weighted by atomic mass is 10.0. The zero-order valence-corrected chi connectivity index (χ0v) is 14.3. The molecule has 1 N–H and O–H groups in total. The minimum atomic E-state index is -0.985. The second-order valence-corrected chi connectivity index (χ2v) is 6.78. The van der Waals surface area contributed by atoms with Crippen LogP contribution in [0.25, 0.3) is 17.2 Å². The molecule has 3 aromatic rings. The van der Waals surface area contributed by atoms with Gasteiger partial charge in [-0.05, 0) is 34.2 Å².